The number of aryl methyl sites for hydroxylation is 1. The SMILES string of the molecule is COc1cc(OC)c2c(c1)OC1(CCN(c3cc(-c4ccccc4)nc(C)n3)CC1)CC2=O. The highest BCUT2D eigenvalue weighted by Gasteiger charge is 2.44. The molecule has 0 saturated carbocycles. The highest BCUT2D eigenvalue weighted by Crippen LogP contribution is 2.45. The first-order valence-corrected chi connectivity index (χ1v) is 11.1. The monoisotopic (exact) mass is 445 g/mol. The molecule has 0 N–H and O–H groups in total. The summed E-state index contributed by atoms with van der Waals surface area (Å²) >= 11 is 0. The van der Waals surface area contributed by atoms with Crippen LogP contribution in [0.4, 0.5) is 5.82 Å². The topological polar surface area (TPSA) is 73.8 Å². The lowest BCUT2D eigenvalue weighted by Crippen LogP contribution is -2.51. The van der Waals surface area contributed by atoms with Crippen molar-refractivity contribution in [3.8, 4) is 28.5 Å². The molecule has 1 aromatic heterocycles. The Morgan fingerprint density at radius 1 is 1.00 bits per heavy atom. The predicted octanol–water partition coefficient (Wildman–Crippen LogP) is 4.47. The van der Waals surface area contributed by atoms with Gasteiger partial charge in [0.25, 0.3) is 0 Å². The highest BCUT2D eigenvalue weighted by atomic mass is 16.5. The van der Waals surface area contributed by atoms with Crippen molar-refractivity contribution in [3.63, 3.8) is 0 Å². The van der Waals surface area contributed by atoms with Gasteiger partial charge in [-0.3, -0.25) is 4.79 Å². The second-order valence-electron chi connectivity index (χ2n) is 8.60. The lowest BCUT2D eigenvalue weighted by molar-refractivity contribution is 0.0225. The van der Waals surface area contributed by atoms with Gasteiger partial charge in [0.1, 0.15) is 40.1 Å². The van der Waals surface area contributed by atoms with Gasteiger partial charge in [-0.25, -0.2) is 9.97 Å². The van der Waals surface area contributed by atoms with Crippen LogP contribution in [0.5, 0.6) is 17.2 Å². The Morgan fingerprint density at radius 2 is 1.76 bits per heavy atom. The minimum Gasteiger partial charge on any atom is -0.496 e. The van der Waals surface area contributed by atoms with Gasteiger partial charge in [-0.2, -0.15) is 0 Å². The summed E-state index contributed by atoms with van der Waals surface area (Å²) in [7, 11) is 3.14. The van der Waals surface area contributed by atoms with Crippen molar-refractivity contribution >= 4 is 11.6 Å². The van der Waals surface area contributed by atoms with Crippen LogP contribution in [0.25, 0.3) is 11.3 Å². The molecule has 33 heavy (non-hydrogen) atoms. The number of anilines is 1. The molecular formula is C26H27N3O4. The van der Waals surface area contributed by atoms with E-state index in [1.165, 1.54) is 0 Å². The van der Waals surface area contributed by atoms with Crippen LogP contribution in [0.15, 0.2) is 48.5 Å². The van der Waals surface area contributed by atoms with Crippen LogP contribution in [-0.2, 0) is 0 Å². The first-order valence-electron chi connectivity index (χ1n) is 11.1. The molecule has 2 aliphatic rings. The number of Topliss-reactive ketones (excluding diaryl/α,β-unsaturated/α-hetero) is 1. The highest BCUT2D eigenvalue weighted by molar-refractivity contribution is 6.03. The quantitative estimate of drug-likeness (QED) is 0.586. The van der Waals surface area contributed by atoms with Crippen LogP contribution < -0.4 is 19.1 Å². The van der Waals surface area contributed by atoms with Crippen molar-refractivity contribution in [1.82, 2.24) is 9.97 Å². The van der Waals surface area contributed by atoms with Crippen molar-refractivity contribution in [2.24, 2.45) is 0 Å². The van der Waals surface area contributed by atoms with Crippen molar-refractivity contribution in [2.45, 2.75) is 31.8 Å². The van der Waals surface area contributed by atoms with E-state index < -0.39 is 5.60 Å². The van der Waals surface area contributed by atoms with Crippen LogP contribution in [0.1, 0.15) is 35.4 Å². The van der Waals surface area contributed by atoms with E-state index in [2.05, 4.69) is 27.0 Å². The number of methoxy groups -OCH3 is 2. The Labute approximate surface area is 193 Å². The van der Waals surface area contributed by atoms with Gasteiger partial charge in [-0.1, -0.05) is 30.3 Å². The van der Waals surface area contributed by atoms with E-state index >= 15 is 0 Å². The van der Waals surface area contributed by atoms with Crippen LogP contribution in [0.3, 0.4) is 0 Å². The Kier molecular flexibility index (Phi) is 5.40. The molecule has 1 fully saturated rings. The standard InChI is InChI=1S/C26H27N3O4/c1-17-27-20(18-7-5-4-6-8-18)15-24(28-17)29-11-9-26(10-12-29)16-21(30)25-22(32-3)13-19(31-2)14-23(25)33-26/h4-8,13-15H,9-12,16H2,1-3H3. The van der Waals surface area contributed by atoms with E-state index in [1.54, 1.807) is 26.4 Å². The van der Waals surface area contributed by atoms with E-state index in [9.17, 15) is 4.79 Å². The van der Waals surface area contributed by atoms with Gasteiger partial charge >= 0.3 is 0 Å². The number of carbonyl (C=O) groups excluding carboxylic acids is 1. The molecule has 0 amide bonds. The lowest BCUT2D eigenvalue weighted by atomic mass is 9.82. The summed E-state index contributed by atoms with van der Waals surface area (Å²) in [5.41, 5.74) is 1.96. The van der Waals surface area contributed by atoms with Gasteiger partial charge in [0, 0.05) is 49.7 Å². The lowest BCUT2D eigenvalue weighted by Gasteiger charge is -2.44. The van der Waals surface area contributed by atoms with Crippen LogP contribution in [0, 0.1) is 6.92 Å². The molecule has 170 valence electrons. The van der Waals surface area contributed by atoms with Crippen molar-refractivity contribution in [3.05, 3.63) is 59.9 Å². The Balaban J connectivity index is 1.38. The van der Waals surface area contributed by atoms with Gasteiger partial charge < -0.3 is 19.1 Å². The molecule has 5 rings (SSSR count). The third-order valence-corrected chi connectivity index (χ3v) is 6.48. The largest absolute Gasteiger partial charge is 0.496 e. The summed E-state index contributed by atoms with van der Waals surface area (Å²) in [4.78, 5) is 24.7. The van der Waals surface area contributed by atoms with Crippen molar-refractivity contribution < 1.29 is 19.0 Å². The van der Waals surface area contributed by atoms with E-state index in [-0.39, 0.29) is 5.78 Å². The van der Waals surface area contributed by atoms with Crippen LogP contribution >= 0.6 is 0 Å². The predicted molar refractivity (Wildman–Crippen MR) is 126 cm³/mol. The molecule has 0 unspecified atom stereocenters. The molecule has 1 saturated heterocycles. The maximum Gasteiger partial charge on any atom is 0.174 e. The molecule has 1 spiro atoms. The van der Waals surface area contributed by atoms with Gasteiger partial charge in [0.2, 0.25) is 0 Å². The number of ketones is 1. The number of ether oxygens (including phenoxy) is 3. The number of rotatable bonds is 4. The molecule has 0 radical (unpaired) electrons. The molecule has 3 aromatic rings. The first kappa shape index (κ1) is 21.2. The average Bonchev–Trinajstić information content (AvgIpc) is 2.83. The normalized spacial score (nSPS) is 16.8. The van der Waals surface area contributed by atoms with E-state index in [4.69, 9.17) is 14.2 Å². The summed E-state index contributed by atoms with van der Waals surface area (Å²) < 4.78 is 17.3. The minimum atomic E-state index is -0.526. The maximum absolute atomic E-state index is 13.1. The van der Waals surface area contributed by atoms with Crippen molar-refractivity contribution in [2.75, 3.05) is 32.2 Å². The fourth-order valence-electron chi connectivity index (χ4n) is 4.74. The second-order valence-corrected chi connectivity index (χ2v) is 8.60. The molecule has 7 nitrogen and oxygen atoms in total. The summed E-state index contributed by atoms with van der Waals surface area (Å²) in [6.07, 6.45) is 1.79. The van der Waals surface area contributed by atoms with Gasteiger partial charge in [-0.15, -0.1) is 0 Å². The molecule has 2 aliphatic heterocycles. The first-order chi connectivity index (χ1) is 16.0. The Bertz CT molecular complexity index is 1190. The Morgan fingerprint density at radius 3 is 2.45 bits per heavy atom. The number of fused-ring (bicyclic) bond motifs is 1. The molecule has 0 bridgehead atoms. The van der Waals surface area contributed by atoms with E-state index in [0.717, 1.165) is 48.8 Å². The third-order valence-electron chi connectivity index (χ3n) is 6.48. The fraction of sp³-hybridized carbons (Fsp3) is 0.346. The zero-order chi connectivity index (χ0) is 23.0. The molecule has 7 heteroatoms. The summed E-state index contributed by atoms with van der Waals surface area (Å²) in [6.45, 7) is 3.41. The zero-order valence-corrected chi connectivity index (χ0v) is 19.1. The zero-order valence-electron chi connectivity index (χ0n) is 19.1. The van der Waals surface area contributed by atoms with Gasteiger partial charge in [-0.05, 0) is 6.92 Å². The number of hydrogen-bond donors (Lipinski definition) is 0. The summed E-state index contributed by atoms with van der Waals surface area (Å²) in [6, 6.07) is 15.7. The average molecular weight is 446 g/mol. The number of nitrogens with zero attached hydrogens (tertiary/aromatic N) is 3. The van der Waals surface area contributed by atoms with E-state index in [1.807, 2.05) is 31.2 Å². The third kappa shape index (κ3) is 3.99. The van der Waals surface area contributed by atoms with Crippen molar-refractivity contribution in [1.29, 1.82) is 0 Å². The smallest absolute Gasteiger partial charge is 0.174 e. The molecule has 0 aliphatic carbocycles. The maximum atomic E-state index is 13.1. The number of aromatic nitrogens is 2. The van der Waals surface area contributed by atoms with Gasteiger partial charge in [0.05, 0.1) is 26.3 Å². The van der Waals surface area contributed by atoms with Crippen LogP contribution in [0.2, 0.25) is 0 Å². The van der Waals surface area contributed by atoms with Crippen LogP contribution in [-0.4, -0.2) is 48.7 Å². The van der Waals surface area contributed by atoms with Gasteiger partial charge in [0.15, 0.2) is 5.78 Å². The molecule has 3 heterocycles. The Hall–Kier alpha value is -3.61. The summed E-state index contributed by atoms with van der Waals surface area (Å²) in [5.74, 6) is 3.34. The number of benzene rings is 2. The molecule has 0 atom stereocenters. The number of carbonyl (C=O) groups is 1. The molecule has 2 aromatic carbocycles. The number of piperidine rings is 1. The number of hydrogen-bond acceptors (Lipinski definition) is 7. The summed E-state index contributed by atoms with van der Waals surface area (Å²) in [5, 5.41) is 0. The van der Waals surface area contributed by atoms with E-state index in [0.29, 0.717) is 29.2 Å². The minimum absolute atomic E-state index is 0.0495. The fourth-order valence-corrected chi connectivity index (χ4v) is 4.74. The molecular weight excluding hydrogens is 418 g/mol. The second kappa shape index (κ2) is 8.39.